The fraction of sp³-hybridized carbons (Fsp3) is 0.360. The van der Waals surface area contributed by atoms with Crippen LogP contribution in [-0.2, 0) is 25.7 Å². The van der Waals surface area contributed by atoms with Gasteiger partial charge in [0.25, 0.3) is 5.56 Å². The summed E-state index contributed by atoms with van der Waals surface area (Å²) in [5, 5.41) is 0.867. The van der Waals surface area contributed by atoms with Crippen molar-refractivity contribution in [3.63, 3.8) is 0 Å². The average molecular weight is 418 g/mol. The fourth-order valence-corrected chi connectivity index (χ4v) is 6.42. The molecule has 0 aliphatic heterocycles. The van der Waals surface area contributed by atoms with E-state index in [1.807, 2.05) is 16.7 Å². The second-order valence-electron chi connectivity index (χ2n) is 8.40. The zero-order chi connectivity index (χ0) is 20.7. The van der Waals surface area contributed by atoms with Crippen LogP contribution in [0, 0.1) is 0 Å². The van der Waals surface area contributed by atoms with Gasteiger partial charge in [0.05, 0.1) is 11.7 Å². The van der Waals surface area contributed by atoms with Gasteiger partial charge in [0.2, 0.25) is 0 Å². The van der Waals surface area contributed by atoms with Crippen molar-refractivity contribution in [1.82, 2.24) is 14.5 Å². The van der Waals surface area contributed by atoms with Gasteiger partial charge in [-0.25, -0.2) is 4.98 Å². The molecule has 30 heavy (non-hydrogen) atoms. The van der Waals surface area contributed by atoms with Crippen LogP contribution in [0.5, 0.6) is 0 Å². The number of thiophene rings is 1. The number of benzene rings is 1. The quantitative estimate of drug-likeness (QED) is 0.561. The van der Waals surface area contributed by atoms with Crippen LogP contribution in [0.2, 0.25) is 0 Å². The van der Waals surface area contributed by atoms with Crippen molar-refractivity contribution < 1.29 is 0 Å². The summed E-state index contributed by atoms with van der Waals surface area (Å²) in [5.74, 6) is 0. The van der Waals surface area contributed by atoms with Crippen molar-refractivity contribution in [3.05, 3.63) is 87.8 Å². The number of hydrogen-bond acceptors (Lipinski definition) is 4. The van der Waals surface area contributed by atoms with Crippen LogP contribution in [0.4, 0.5) is 0 Å². The maximum absolute atomic E-state index is 13.5. The third-order valence-corrected chi connectivity index (χ3v) is 7.80. The first-order valence-corrected chi connectivity index (χ1v) is 11.5. The largest absolute Gasteiger partial charge is 0.295 e. The Morgan fingerprint density at radius 3 is 2.50 bits per heavy atom. The van der Waals surface area contributed by atoms with Crippen molar-refractivity contribution in [2.24, 2.45) is 0 Å². The van der Waals surface area contributed by atoms with E-state index in [2.05, 4.69) is 42.3 Å². The Balaban J connectivity index is 1.47. The van der Waals surface area contributed by atoms with E-state index in [1.54, 1.807) is 17.7 Å². The molecular formula is C25H27N3OS. The van der Waals surface area contributed by atoms with Crippen molar-refractivity contribution in [3.8, 4) is 0 Å². The molecule has 1 atom stereocenters. The molecule has 2 aliphatic carbocycles. The first-order chi connectivity index (χ1) is 14.7. The van der Waals surface area contributed by atoms with Crippen LogP contribution in [-0.4, -0.2) is 33.6 Å². The lowest BCUT2D eigenvalue weighted by molar-refractivity contribution is 0.221. The molecule has 2 aromatic heterocycles. The van der Waals surface area contributed by atoms with Crippen molar-refractivity contribution in [2.75, 3.05) is 13.1 Å². The molecule has 3 aromatic rings. The lowest BCUT2D eigenvalue weighted by atomic mass is 9.92. The Labute approximate surface area is 181 Å². The van der Waals surface area contributed by atoms with Gasteiger partial charge in [0.15, 0.2) is 0 Å². The molecule has 0 spiro atoms. The zero-order valence-electron chi connectivity index (χ0n) is 17.2. The minimum atomic E-state index is 0.141. The molecule has 4 nitrogen and oxygen atoms in total. The van der Waals surface area contributed by atoms with Crippen LogP contribution in [0.1, 0.15) is 34.0 Å². The van der Waals surface area contributed by atoms with E-state index < -0.39 is 0 Å². The van der Waals surface area contributed by atoms with E-state index in [-0.39, 0.29) is 11.6 Å². The number of aromatic nitrogens is 2. The number of rotatable bonds is 6. The van der Waals surface area contributed by atoms with Crippen LogP contribution in [0.25, 0.3) is 10.2 Å². The molecule has 0 saturated heterocycles. The predicted octanol–water partition coefficient (Wildman–Crippen LogP) is 4.33. The van der Waals surface area contributed by atoms with E-state index in [1.165, 1.54) is 21.6 Å². The predicted molar refractivity (Wildman–Crippen MR) is 125 cm³/mol. The topological polar surface area (TPSA) is 38.1 Å². The van der Waals surface area contributed by atoms with E-state index in [4.69, 9.17) is 4.98 Å². The van der Waals surface area contributed by atoms with Gasteiger partial charge in [-0.05, 0) is 48.8 Å². The maximum atomic E-state index is 13.5. The van der Waals surface area contributed by atoms with Crippen LogP contribution in [0.3, 0.4) is 0 Å². The standard InChI is InChI=1S/C25H27N3OS/c1-3-11-27(12-4-2)19-9-10-21-22(15-19)30-24-23(21)25(29)28(16-26-24)20-13-17-7-5-6-8-18(17)14-20/h3-8,16,19-20H,1-2,9-15H2/t19-/m1/s1. The minimum Gasteiger partial charge on any atom is -0.295 e. The Morgan fingerprint density at radius 1 is 1.13 bits per heavy atom. The molecular weight excluding hydrogens is 390 g/mol. The summed E-state index contributed by atoms with van der Waals surface area (Å²) in [6.07, 6.45) is 10.5. The third-order valence-electron chi connectivity index (χ3n) is 6.63. The molecule has 154 valence electrons. The SMILES string of the molecule is C=CCN(CC=C)[C@@H]1CCc2c(sc3ncn(C4Cc5ccccc5C4)c(=O)c23)C1. The molecule has 0 radical (unpaired) electrons. The molecule has 0 bridgehead atoms. The zero-order valence-corrected chi connectivity index (χ0v) is 18.0. The van der Waals surface area contributed by atoms with Gasteiger partial charge in [0, 0.05) is 30.1 Å². The molecule has 0 fully saturated rings. The van der Waals surface area contributed by atoms with Gasteiger partial charge in [0.1, 0.15) is 4.83 Å². The highest BCUT2D eigenvalue weighted by Gasteiger charge is 2.29. The fourth-order valence-electron chi connectivity index (χ4n) is 5.17. The van der Waals surface area contributed by atoms with E-state index in [0.717, 1.165) is 55.4 Å². The highest BCUT2D eigenvalue weighted by Crippen LogP contribution is 2.36. The number of aryl methyl sites for hydroxylation is 1. The van der Waals surface area contributed by atoms with E-state index in [0.29, 0.717) is 6.04 Å². The lowest BCUT2D eigenvalue weighted by Gasteiger charge is -2.32. The van der Waals surface area contributed by atoms with Crippen LogP contribution in [0.15, 0.2) is 60.7 Å². The summed E-state index contributed by atoms with van der Waals surface area (Å²) in [6.45, 7) is 9.54. The smallest absolute Gasteiger partial charge is 0.262 e. The van der Waals surface area contributed by atoms with Crippen LogP contribution >= 0.6 is 11.3 Å². The second-order valence-corrected chi connectivity index (χ2v) is 9.48. The van der Waals surface area contributed by atoms with Gasteiger partial charge in [-0.1, -0.05) is 36.4 Å². The Bertz CT molecular complexity index is 1140. The molecule has 2 aliphatic rings. The molecule has 0 N–H and O–H groups in total. The van der Waals surface area contributed by atoms with E-state index >= 15 is 0 Å². The first-order valence-electron chi connectivity index (χ1n) is 10.7. The summed E-state index contributed by atoms with van der Waals surface area (Å²) in [7, 11) is 0. The van der Waals surface area contributed by atoms with Crippen molar-refractivity contribution in [1.29, 1.82) is 0 Å². The Kier molecular flexibility index (Phi) is 5.17. The van der Waals surface area contributed by atoms with Gasteiger partial charge < -0.3 is 0 Å². The highest BCUT2D eigenvalue weighted by molar-refractivity contribution is 7.18. The number of hydrogen-bond donors (Lipinski definition) is 0. The molecule has 0 amide bonds. The molecule has 2 heterocycles. The minimum absolute atomic E-state index is 0.141. The average Bonchev–Trinajstić information content (AvgIpc) is 3.34. The molecule has 0 unspecified atom stereocenters. The van der Waals surface area contributed by atoms with Gasteiger partial charge >= 0.3 is 0 Å². The van der Waals surface area contributed by atoms with Gasteiger partial charge in [-0.3, -0.25) is 14.3 Å². The van der Waals surface area contributed by atoms with Gasteiger partial charge in [-0.15, -0.1) is 24.5 Å². The van der Waals surface area contributed by atoms with Crippen molar-refractivity contribution >= 4 is 21.6 Å². The maximum Gasteiger partial charge on any atom is 0.262 e. The molecule has 0 saturated carbocycles. The third kappa shape index (κ3) is 3.26. The van der Waals surface area contributed by atoms with E-state index in [9.17, 15) is 4.79 Å². The first kappa shape index (κ1) is 19.5. The summed E-state index contributed by atoms with van der Waals surface area (Å²) in [5.41, 5.74) is 4.09. The Morgan fingerprint density at radius 2 is 1.83 bits per heavy atom. The summed E-state index contributed by atoms with van der Waals surface area (Å²) in [4.78, 5) is 22.9. The number of fused-ring (bicyclic) bond motifs is 4. The molecule has 1 aromatic carbocycles. The normalized spacial score (nSPS) is 18.5. The summed E-state index contributed by atoms with van der Waals surface area (Å²) in [6, 6.07) is 9.16. The highest BCUT2D eigenvalue weighted by atomic mass is 32.1. The van der Waals surface area contributed by atoms with Crippen LogP contribution < -0.4 is 5.56 Å². The van der Waals surface area contributed by atoms with Crippen molar-refractivity contribution in [2.45, 2.75) is 44.2 Å². The lowest BCUT2D eigenvalue weighted by Crippen LogP contribution is -2.39. The molecule has 5 rings (SSSR count). The summed E-state index contributed by atoms with van der Waals surface area (Å²) >= 11 is 1.71. The summed E-state index contributed by atoms with van der Waals surface area (Å²) < 4.78 is 1.89. The van der Waals surface area contributed by atoms with Gasteiger partial charge in [-0.2, -0.15) is 0 Å². The molecule has 5 heteroatoms. The Hall–Kier alpha value is -2.50. The number of nitrogens with zero attached hydrogens (tertiary/aromatic N) is 3. The monoisotopic (exact) mass is 417 g/mol. The second kappa shape index (κ2) is 7.97.